The second-order valence-corrected chi connectivity index (χ2v) is 10.2. The van der Waals surface area contributed by atoms with Crippen molar-refractivity contribution in [1.82, 2.24) is 25.9 Å². The number of aryl methyl sites for hydroxylation is 1. The zero-order valence-electron chi connectivity index (χ0n) is 23.9. The van der Waals surface area contributed by atoms with Gasteiger partial charge in [0.25, 0.3) is 5.91 Å². The number of nitrogens with zero attached hydrogens (tertiary/aromatic N) is 5. The molecule has 4 aromatic carbocycles. The number of halogens is 1. The van der Waals surface area contributed by atoms with Crippen molar-refractivity contribution in [2.75, 3.05) is 22.5 Å². The molecule has 1 aliphatic heterocycles. The Kier molecular flexibility index (Phi) is 7.80. The average Bonchev–Trinajstić information content (AvgIpc) is 3.55. The van der Waals surface area contributed by atoms with Gasteiger partial charge in [0.1, 0.15) is 5.82 Å². The fourth-order valence-corrected chi connectivity index (χ4v) is 5.14. The molecule has 45 heavy (non-hydrogen) atoms. The molecule has 0 unspecified atom stereocenters. The van der Waals surface area contributed by atoms with Crippen LogP contribution in [0.1, 0.15) is 27.0 Å². The van der Waals surface area contributed by atoms with Crippen LogP contribution in [0.2, 0.25) is 0 Å². The Bertz CT molecular complexity index is 1960. The number of tetrazole rings is 1. The number of amides is 3. The van der Waals surface area contributed by atoms with Crippen molar-refractivity contribution in [2.45, 2.75) is 13.1 Å². The van der Waals surface area contributed by atoms with Crippen molar-refractivity contribution in [1.29, 1.82) is 0 Å². The van der Waals surface area contributed by atoms with Crippen molar-refractivity contribution in [3.63, 3.8) is 0 Å². The van der Waals surface area contributed by atoms with Crippen molar-refractivity contribution in [3.8, 4) is 11.4 Å². The van der Waals surface area contributed by atoms with Crippen LogP contribution >= 0.6 is 0 Å². The van der Waals surface area contributed by atoms with Gasteiger partial charge in [0, 0.05) is 33.6 Å². The highest BCUT2D eigenvalue weighted by Gasteiger charge is 2.36. The van der Waals surface area contributed by atoms with E-state index >= 15 is 4.39 Å². The predicted molar refractivity (Wildman–Crippen MR) is 166 cm³/mol. The number of para-hydroxylation sites is 2. The first kappa shape index (κ1) is 28.9. The smallest absolute Gasteiger partial charge is 0.321 e. The standard InChI is InChI=1S/C32H26FN9O3/c1-18-8-6-13-23-27(21-11-2-4-14-24(21)33)36-30(31(44)42(28(18)23)17-26(43)22-12-3-5-15-25(22)34)37-32(45)35-20-10-7-9-19(16-20)29-38-40-41-39-29/h2-16,30H,17,34H2,1H3,(H2,35,37,45)(H,38,39,40,41)/t30-/m0/s1. The number of hydrogen-bond donors (Lipinski definition) is 4. The summed E-state index contributed by atoms with van der Waals surface area (Å²) in [5.74, 6) is -1.30. The average molecular weight is 604 g/mol. The van der Waals surface area contributed by atoms with Gasteiger partial charge in [0.2, 0.25) is 6.17 Å². The molecule has 0 saturated carbocycles. The van der Waals surface area contributed by atoms with Crippen LogP contribution in [0.15, 0.2) is 96.0 Å². The first-order chi connectivity index (χ1) is 21.8. The van der Waals surface area contributed by atoms with E-state index in [0.717, 1.165) is 0 Å². The summed E-state index contributed by atoms with van der Waals surface area (Å²) in [5.41, 5.74) is 9.25. The van der Waals surface area contributed by atoms with Gasteiger partial charge in [-0.05, 0) is 59.3 Å². The number of hydrogen-bond acceptors (Lipinski definition) is 8. The van der Waals surface area contributed by atoms with Gasteiger partial charge in [0.15, 0.2) is 11.6 Å². The van der Waals surface area contributed by atoms with Crippen LogP contribution in [0.25, 0.3) is 11.4 Å². The Morgan fingerprint density at radius 2 is 1.73 bits per heavy atom. The molecule has 1 aromatic heterocycles. The third-order valence-corrected chi connectivity index (χ3v) is 7.22. The number of benzodiazepines with no additional fused rings is 1. The van der Waals surface area contributed by atoms with Crippen LogP contribution in [0.4, 0.5) is 26.2 Å². The van der Waals surface area contributed by atoms with E-state index in [1.807, 2.05) is 0 Å². The number of rotatable bonds is 7. The van der Waals surface area contributed by atoms with Crippen LogP contribution in [0.5, 0.6) is 0 Å². The second-order valence-electron chi connectivity index (χ2n) is 10.2. The molecular weight excluding hydrogens is 577 g/mol. The number of benzene rings is 4. The van der Waals surface area contributed by atoms with E-state index in [0.29, 0.717) is 33.9 Å². The molecule has 12 nitrogen and oxygen atoms in total. The van der Waals surface area contributed by atoms with Crippen molar-refractivity contribution < 1.29 is 18.8 Å². The highest BCUT2D eigenvalue weighted by Crippen LogP contribution is 2.32. The lowest BCUT2D eigenvalue weighted by Crippen LogP contribution is -2.50. The van der Waals surface area contributed by atoms with Crippen molar-refractivity contribution >= 4 is 40.5 Å². The fraction of sp³-hybridized carbons (Fsp3) is 0.0938. The lowest BCUT2D eigenvalue weighted by molar-refractivity contribution is -0.120. The van der Waals surface area contributed by atoms with E-state index in [1.165, 1.54) is 17.0 Å². The Labute approximate surface area is 256 Å². The number of carbonyl (C=O) groups excluding carboxylic acids is 3. The van der Waals surface area contributed by atoms with Crippen molar-refractivity contribution in [2.24, 2.45) is 4.99 Å². The molecule has 6 rings (SSSR count). The van der Waals surface area contributed by atoms with E-state index < -0.39 is 36.2 Å². The summed E-state index contributed by atoms with van der Waals surface area (Å²) < 4.78 is 15.2. The van der Waals surface area contributed by atoms with Crippen LogP contribution in [0, 0.1) is 12.7 Å². The van der Waals surface area contributed by atoms with Gasteiger partial charge >= 0.3 is 6.03 Å². The van der Waals surface area contributed by atoms with Gasteiger partial charge in [-0.15, -0.1) is 5.10 Å². The van der Waals surface area contributed by atoms with Crippen LogP contribution in [-0.4, -0.2) is 56.8 Å². The monoisotopic (exact) mass is 603 g/mol. The number of carbonyl (C=O) groups is 3. The summed E-state index contributed by atoms with van der Waals surface area (Å²) in [5, 5.41) is 18.9. The largest absolute Gasteiger partial charge is 0.398 e. The highest BCUT2D eigenvalue weighted by atomic mass is 19.1. The number of fused-ring (bicyclic) bond motifs is 1. The Hall–Kier alpha value is -6.24. The molecule has 0 bridgehead atoms. The number of urea groups is 1. The molecule has 5 N–H and O–H groups in total. The summed E-state index contributed by atoms with van der Waals surface area (Å²) in [6, 6.07) is 23.7. The Morgan fingerprint density at radius 3 is 2.51 bits per heavy atom. The van der Waals surface area contributed by atoms with Gasteiger partial charge in [0.05, 0.1) is 17.9 Å². The third kappa shape index (κ3) is 5.86. The first-order valence-corrected chi connectivity index (χ1v) is 13.8. The van der Waals surface area contributed by atoms with Gasteiger partial charge in [-0.2, -0.15) is 0 Å². The first-order valence-electron chi connectivity index (χ1n) is 13.8. The molecule has 1 aliphatic rings. The summed E-state index contributed by atoms with van der Waals surface area (Å²) >= 11 is 0. The van der Waals surface area contributed by atoms with Crippen LogP contribution in [0.3, 0.4) is 0 Å². The lowest BCUT2D eigenvalue weighted by atomic mass is 9.97. The molecule has 224 valence electrons. The number of nitrogens with two attached hydrogens (primary N) is 1. The maximum absolute atomic E-state index is 15.2. The Morgan fingerprint density at radius 1 is 0.978 bits per heavy atom. The molecule has 1 atom stereocenters. The molecule has 13 heteroatoms. The van der Waals surface area contributed by atoms with E-state index in [-0.39, 0.29) is 22.5 Å². The molecule has 0 radical (unpaired) electrons. The number of aromatic nitrogens is 4. The minimum atomic E-state index is -1.53. The summed E-state index contributed by atoms with van der Waals surface area (Å²) in [6.45, 7) is 1.37. The topological polar surface area (TPSA) is 171 Å². The highest BCUT2D eigenvalue weighted by molar-refractivity contribution is 6.22. The molecule has 5 aromatic rings. The van der Waals surface area contributed by atoms with E-state index in [4.69, 9.17) is 5.73 Å². The molecule has 0 spiro atoms. The lowest BCUT2D eigenvalue weighted by Gasteiger charge is -2.26. The minimum Gasteiger partial charge on any atom is -0.398 e. The molecule has 0 saturated heterocycles. The maximum atomic E-state index is 15.2. The van der Waals surface area contributed by atoms with E-state index in [9.17, 15) is 14.4 Å². The van der Waals surface area contributed by atoms with Gasteiger partial charge < -0.3 is 21.3 Å². The molecule has 0 aliphatic carbocycles. The quantitative estimate of drug-likeness (QED) is 0.160. The van der Waals surface area contributed by atoms with Gasteiger partial charge in [-0.3, -0.25) is 9.59 Å². The van der Waals surface area contributed by atoms with E-state index in [2.05, 4.69) is 36.3 Å². The van der Waals surface area contributed by atoms with Gasteiger partial charge in [-0.25, -0.2) is 19.3 Å². The second kappa shape index (κ2) is 12.2. The zero-order valence-corrected chi connectivity index (χ0v) is 23.9. The number of anilines is 3. The summed E-state index contributed by atoms with van der Waals surface area (Å²) in [6.07, 6.45) is -1.53. The normalized spacial score (nSPS) is 14.3. The summed E-state index contributed by atoms with van der Waals surface area (Å²) in [7, 11) is 0. The maximum Gasteiger partial charge on any atom is 0.321 e. The third-order valence-electron chi connectivity index (χ3n) is 7.22. The number of aliphatic imine (C=N–C) groups is 1. The number of ketones is 1. The zero-order chi connectivity index (χ0) is 31.5. The van der Waals surface area contributed by atoms with Crippen LogP contribution in [-0.2, 0) is 4.79 Å². The molecular formula is C32H26FN9O3. The molecule has 3 amide bonds. The summed E-state index contributed by atoms with van der Waals surface area (Å²) in [4.78, 5) is 47.0. The SMILES string of the molecule is Cc1cccc2c1N(CC(=O)c1ccccc1N)C(=O)[C@H](NC(=O)Nc1cccc(-c3nnn[nH]3)c1)N=C2c1ccccc1F. The van der Waals surface area contributed by atoms with Gasteiger partial charge in [-0.1, -0.05) is 54.6 Å². The molecule has 2 heterocycles. The number of aromatic amines is 1. The van der Waals surface area contributed by atoms with Crippen LogP contribution < -0.4 is 21.3 Å². The molecule has 0 fully saturated rings. The number of nitrogen functional groups attached to an aromatic ring is 1. The van der Waals surface area contributed by atoms with E-state index in [1.54, 1.807) is 85.8 Å². The fourth-order valence-electron chi connectivity index (χ4n) is 5.14. The predicted octanol–water partition coefficient (Wildman–Crippen LogP) is 4.11. The van der Waals surface area contributed by atoms with Crippen molar-refractivity contribution in [3.05, 3.63) is 119 Å². The number of Topliss-reactive ketones (excluding diaryl/α,β-unsaturated/α-hetero) is 1. The minimum absolute atomic E-state index is 0.123. The Balaban J connectivity index is 1.39. The number of nitrogens with one attached hydrogen (secondary N) is 3. The number of H-pyrrole nitrogens is 1.